The molecule has 0 amide bonds. The Morgan fingerprint density at radius 1 is 1.06 bits per heavy atom. The van der Waals surface area contributed by atoms with E-state index in [1.807, 2.05) is 28.9 Å². The maximum Gasteiger partial charge on any atom is 0.137 e. The molecule has 0 N–H and O–H groups in total. The molecule has 0 aliphatic heterocycles. The van der Waals surface area contributed by atoms with Crippen molar-refractivity contribution in [1.82, 2.24) is 9.38 Å². The first-order chi connectivity index (χ1) is 8.63. The fraction of sp³-hybridized carbons (Fsp3) is 0.133. The number of pyridine rings is 1. The van der Waals surface area contributed by atoms with Gasteiger partial charge in [-0.05, 0) is 31.5 Å². The molecular formula is C15H13ClN2. The van der Waals surface area contributed by atoms with Crippen molar-refractivity contribution in [3.05, 3.63) is 58.9 Å². The molecule has 0 spiro atoms. The van der Waals surface area contributed by atoms with Crippen LogP contribution in [-0.4, -0.2) is 9.38 Å². The summed E-state index contributed by atoms with van der Waals surface area (Å²) in [7, 11) is 0. The zero-order chi connectivity index (χ0) is 12.7. The maximum atomic E-state index is 5.98. The van der Waals surface area contributed by atoms with Crippen LogP contribution in [0.2, 0.25) is 5.02 Å². The summed E-state index contributed by atoms with van der Waals surface area (Å²) >= 11 is 5.98. The van der Waals surface area contributed by atoms with E-state index in [-0.39, 0.29) is 0 Å². The van der Waals surface area contributed by atoms with E-state index in [1.54, 1.807) is 0 Å². The van der Waals surface area contributed by atoms with Crippen molar-refractivity contribution in [2.75, 3.05) is 0 Å². The molecule has 0 bridgehead atoms. The number of hydrogen-bond acceptors (Lipinski definition) is 1. The molecule has 2 aromatic heterocycles. The second kappa shape index (κ2) is 4.14. The molecule has 3 rings (SSSR count). The second-order valence-corrected chi connectivity index (χ2v) is 4.99. The Morgan fingerprint density at radius 3 is 2.67 bits per heavy atom. The zero-order valence-corrected chi connectivity index (χ0v) is 11.1. The lowest BCUT2D eigenvalue weighted by Gasteiger charge is -2.02. The number of nitrogens with zero attached hydrogens (tertiary/aromatic N) is 2. The van der Waals surface area contributed by atoms with Crippen LogP contribution in [0.3, 0.4) is 0 Å². The second-order valence-electron chi connectivity index (χ2n) is 4.56. The quantitative estimate of drug-likeness (QED) is 0.636. The van der Waals surface area contributed by atoms with Gasteiger partial charge in [-0.2, -0.15) is 0 Å². The average molecular weight is 257 g/mol. The van der Waals surface area contributed by atoms with E-state index >= 15 is 0 Å². The molecule has 0 saturated carbocycles. The lowest BCUT2D eigenvalue weighted by atomic mass is 10.0. The van der Waals surface area contributed by atoms with Crippen molar-refractivity contribution in [3.8, 4) is 11.3 Å². The van der Waals surface area contributed by atoms with Crippen LogP contribution in [0.15, 0.2) is 42.7 Å². The molecular weight excluding hydrogens is 244 g/mol. The van der Waals surface area contributed by atoms with E-state index in [0.29, 0.717) is 5.02 Å². The minimum Gasteiger partial charge on any atom is -0.305 e. The van der Waals surface area contributed by atoms with Crippen molar-refractivity contribution >= 4 is 17.2 Å². The van der Waals surface area contributed by atoms with E-state index in [2.05, 4.69) is 37.0 Å². The fourth-order valence-electron chi connectivity index (χ4n) is 2.20. The van der Waals surface area contributed by atoms with Crippen LogP contribution in [0.4, 0.5) is 0 Å². The highest BCUT2D eigenvalue weighted by Crippen LogP contribution is 2.24. The van der Waals surface area contributed by atoms with Gasteiger partial charge in [0, 0.05) is 18.0 Å². The van der Waals surface area contributed by atoms with Crippen molar-refractivity contribution in [2.45, 2.75) is 13.8 Å². The van der Waals surface area contributed by atoms with Gasteiger partial charge in [0.05, 0.1) is 10.7 Å². The molecule has 0 aliphatic rings. The summed E-state index contributed by atoms with van der Waals surface area (Å²) in [6.45, 7) is 4.21. The number of hydrogen-bond donors (Lipinski definition) is 0. The van der Waals surface area contributed by atoms with Crippen LogP contribution in [0.25, 0.3) is 16.9 Å². The third-order valence-corrected chi connectivity index (χ3v) is 3.30. The Bertz CT molecular complexity index is 728. The molecule has 2 heterocycles. The number of rotatable bonds is 1. The standard InChI is InChI=1S/C15H13ClN2/c1-10-3-5-13(11(2)7-10)14-9-18-8-12(16)4-6-15(18)17-14/h3-9H,1-2H3. The lowest BCUT2D eigenvalue weighted by Crippen LogP contribution is -1.84. The third-order valence-electron chi connectivity index (χ3n) is 3.07. The van der Waals surface area contributed by atoms with E-state index in [0.717, 1.165) is 11.3 Å². The predicted molar refractivity (Wildman–Crippen MR) is 75.1 cm³/mol. The van der Waals surface area contributed by atoms with Gasteiger partial charge < -0.3 is 4.40 Å². The monoisotopic (exact) mass is 256 g/mol. The van der Waals surface area contributed by atoms with Crippen molar-refractivity contribution in [1.29, 1.82) is 0 Å². The van der Waals surface area contributed by atoms with E-state index in [9.17, 15) is 0 Å². The van der Waals surface area contributed by atoms with Gasteiger partial charge in [0.1, 0.15) is 5.65 Å². The molecule has 0 fully saturated rings. The Labute approximate surface area is 111 Å². The van der Waals surface area contributed by atoms with Gasteiger partial charge in [0.15, 0.2) is 0 Å². The van der Waals surface area contributed by atoms with Crippen molar-refractivity contribution < 1.29 is 0 Å². The maximum absolute atomic E-state index is 5.98. The smallest absolute Gasteiger partial charge is 0.137 e. The SMILES string of the molecule is Cc1ccc(-c2cn3cc(Cl)ccc3n2)c(C)c1. The van der Waals surface area contributed by atoms with Crippen LogP contribution in [0.1, 0.15) is 11.1 Å². The highest BCUT2D eigenvalue weighted by Gasteiger charge is 2.07. The number of imidazole rings is 1. The minimum absolute atomic E-state index is 0.715. The molecule has 0 aliphatic carbocycles. The van der Waals surface area contributed by atoms with Gasteiger partial charge >= 0.3 is 0 Å². The van der Waals surface area contributed by atoms with Gasteiger partial charge in [-0.1, -0.05) is 35.4 Å². The fourth-order valence-corrected chi connectivity index (χ4v) is 2.36. The summed E-state index contributed by atoms with van der Waals surface area (Å²) in [6, 6.07) is 10.2. The summed E-state index contributed by atoms with van der Waals surface area (Å²) in [5.41, 5.74) is 5.57. The third kappa shape index (κ3) is 1.89. The lowest BCUT2D eigenvalue weighted by molar-refractivity contribution is 1.19. The number of halogens is 1. The first kappa shape index (κ1) is 11.3. The average Bonchev–Trinajstić information content (AvgIpc) is 2.71. The van der Waals surface area contributed by atoms with Gasteiger partial charge in [-0.15, -0.1) is 0 Å². The largest absolute Gasteiger partial charge is 0.305 e. The van der Waals surface area contributed by atoms with Gasteiger partial charge in [0.25, 0.3) is 0 Å². The van der Waals surface area contributed by atoms with Crippen molar-refractivity contribution in [3.63, 3.8) is 0 Å². The highest BCUT2D eigenvalue weighted by atomic mass is 35.5. The molecule has 2 nitrogen and oxygen atoms in total. The highest BCUT2D eigenvalue weighted by molar-refractivity contribution is 6.30. The number of aryl methyl sites for hydroxylation is 2. The molecule has 0 saturated heterocycles. The number of benzene rings is 1. The molecule has 90 valence electrons. The van der Waals surface area contributed by atoms with Crippen LogP contribution >= 0.6 is 11.6 Å². The number of aromatic nitrogens is 2. The zero-order valence-electron chi connectivity index (χ0n) is 10.3. The van der Waals surface area contributed by atoms with Gasteiger partial charge in [0.2, 0.25) is 0 Å². The van der Waals surface area contributed by atoms with Gasteiger partial charge in [-0.3, -0.25) is 0 Å². The molecule has 0 unspecified atom stereocenters. The molecule has 3 aromatic rings. The topological polar surface area (TPSA) is 17.3 Å². The summed E-state index contributed by atoms with van der Waals surface area (Å²) < 4.78 is 1.96. The van der Waals surface area contributed by atoms with E-state index in [4.69, 9.17) is 11.6 Å². The van der Waals surface area contributed by atoms with Crippen LogP contribution in [-0.2, 0) is 0 Å². The first-order valence-corrected chi connectivity index (χ1v) is 6.23. The predicted octanol–water partition coefficient (Wildman–Crippen LogP) is 4.27. The van der Waals surface area contributed by atoms with Crippen LogP contribution in [0.5, 0.6) is 0 Å². The van der Waals surface area contributed by atoms with E-state index in [1.165, 1.54) is 16.7 Å². The summed E-state index contributed by atoms with van der Waals surface area (Å²) in [4.78, 5) is 4.62. The molecule has 18 heavy (non-hydrogen) atoms. The van der Waals surface area contributed by atoms with Crippen LogP contribution < -0.4 is 0 Å². The van der Waals surface area contributed by atoms with Gasteiger partial charge in [-0.25, -0.2) is 4.98 Å². The summed E-state index contributed by atoms with van der Waals surface area (Å²) in [5.74, 6) is 0. The Balaban J connectivity index is 2.19. The van der Waals surface area contributed by atoms with Crippen LogP contribution in [0, 0.1) is 13.8 Å². The normalized spacial score (nSPS) is 11.1. The molecule has 1 aromatic carbocycles. The Morgan fingerprint density at radius 2 is 1.89 bits per heavy atom. The molecule has 0 atom stereocenters. The minimum atomic E-state index is 0.715. The number of fused-ring (bicyclic) bond motifs is 1. The Kier molecular flexibility index (Phi) is 2.60. The van der Waals surface area contributed by atoms with Crippen molar-refractivity contribution in [2.24, 2.45) is 0 Å². The summed E-state index contributed by atoms with van der Waals surface area (Å²) in [6.07, 6.45) is 3.88. The summed E-state index contributed by atoms with van der Waals surface area (Å²) in [5, 5.41) is 0.715. The van der Waals surface area contributed by atoms with E-state index < -0.39 is 0 Å². The Hall–Kier alpha value is -1.80. The molecule has 3 heteroatoms. The first-order valence-electron chi connectivity index (χ1n) is 5.85. The molecule has 0 radical (unpaired) electrons.